The highest BCUT2D eigenvalue weighted by Crippen LogP contribution is 2.29. The molecule has 0 aliphatic carbocycles. The minimum absolute atomic E-state index is 0.202. The maximum absolute atomic E-state index is 12.7. The highest BCUT2D eigenvalue weighted by Gasteiger charge is 2.24. The van der Waals surface area contributed by atoms with Gasteiger partial charge in [-0.3, -0.25) is 9.48 Å². The minimum atomic E-state index is 0.202. The van der Waals surface area contributed by atoms with Gasteiger partial charge in [-0.15, -0.1) is 0 Å². The number of rotatable bonds is 6. The second-order valence-corrected chi connectivity index (χ2v) is 7.53. The summed E-state index contributed by atoms with van der Waals surface area (Å²) in [6, 6.07) is 9.57. The molecule has 0 unspecified atom stereocenters. The number of likely N-dealkylation sites (tertiary alicyclic amines) is 1. The van der Waals surface area contributed by atoms with Crippen LogP contribution in [0.5, 0.6) is 5.75 Å². The summed E-state index contributed by atoms with van der Waals surface area (Å²) < 4.78 is 1.88. The highest BCUT2D eigenvalue weighted by molar-refractivity contribution is 5.76. The van der Waals surface area contributed by atoms with E-state index < -0.39 is 0 Å². The maximum Gasteiger partial charge on any atom is 0.222 e. The molecule has 1 saturated heterocycles. The number of benzene rings is 1. The third kappa shape index (κ3) is 4.53. The zero-order chi connectivity index (χ0) is 20.1. The topological polar surface area (TPSA) is 82.2 Å². The van der Waals surface area contributed by atoms with Crippen molar-refractivity contribution in [3.05, 3.63) is 46.8 Å². The van der Waals surface area contributed by atoms with Crippen molar-refractivity contribution in [1.82, 2.24) is 14.7 Å². The Morgan fingerprint density at radius 2 is 1.93 bits per heavy atom. The normalized spacial score (nSPS) is 14.8. The number of carbonyl (C=O) groups is 1. The van der Waals surface area contributed by atoms with Crippen molar-refractivity contribution in [3.63, 3.8) is 0 Å². The lowest BCUT2D eigenvalue weighted by Gasteiger charge is -2.32. The van der Waals surface area contributed by atoms with E-state index in [2.05, 4.69) is 11.2 Å². The molecule has 28 heavy (non-hydrogen) atoms. The molecule has 1 aliphatic heterocycles. The lowest BCUT2D eigenvalue weighted by atomic mass is 9.89. The van der Waals surface area contributed by atoms with E-state index in [1.54, 1.807) is 12.1 Å². The summed E-state index contributed by atoms with van der Waals surface area (Å²) >= 11 is 0. The molecule has 1 amide bonds. The molecule has 148 valence electrons. The van der Waals surface area contributed by atoms with Gasteiger partial charge in [-0.2, -0.15) is 10.4 Å². The molecule has 0 radical (unpaired) electrons. The standard InChI is InChI=1S/C22H28N4O2/c1-16-21(17(2)26(24-16)13-3-12-23)8-9-22(28)25-14-10-19(11-15-25)18-4-6-20(27)7-5-18/h4-7,19,27H,3,8-11,13-15H2,1-2H3. The number of hydrogen-bond donors (Lipinski definition) is 1. The Bertz CT molecular complexity index is 856. The zero-order valence-corrected chi connectivity index (χ0v) is 16.7. The Balaban J connectivity index is 1.52. The maximum atomic E-state index is 12.7. The summed E-state index contributed by atoms with van der Waals surface area (Å²) in [7, 11) is 0. The van der Waals surface area contributed by atoms with Crippen LogP contribution < -0.4 is 0 Å². The molecule has 1 aromatic carbocycles. The Hall–Kier alpha value is -2.81. The van der Waals surface area contributed by atoms with Gasteiger partial charge in [-0.25, -0.2) is 0 Å². The predicted octanol–water partition coefficient (Wildman–Crippen LogP) is 3.46. The van der Waals surface area contributed by atoms with Gasteiger partial charge in [-0.1, -0.05) is 12.1 Å². The Morgan fingerprint density at radius 3 is 2.57 bits per heavy atom. The van der Waals surface area contributed by atoms with Crippen LogP contribution in [0.2, 0.25) is 0 Å². The number of aromatic hydroxyl groups is 1. The lowest BCUT2D eigenvalue weighted by Crippen LogP contribution is -2.38. The average Bonchev–Trinajstić information content (AvgIpc) is 2.98. The van der Waals surface area contributed by atoms with E-state index in [0.29, 0.717) is 31.7 Å². The van der Waals surface area contributed by atoms with Gasteiger partial charge in [0.1, 0.15) is 5.75 Å². The first-order valence-electron chi connectivity index (χ1n) is 9.96. The Kier molecular flexibility index (Phi) is 6.35. The highest BCUT2D eigenvalue weighted by atomic mass is 16.3. The van der Waals surface area contributed by atoms with Gasteiger partial charge in [-0.05, 0) is 62.3 Å². The summed E-state index contributed by atoms with van der Waals surface area (Å²) in [6.07, 6.45) is 3.55. The number of hydrogen-bond acceptors (Lipinski definition) is 4. The van der Waals surface area contributed by atoms with E-state index >= 15 is 0 Å². The van der Waals surface area contributed by atoms with Crippen LogP contribution in [-0.2, 0) is 17.8 Å². The van der Waals surface area contributed by atoms with Crippen LogP contribution in [0.4, 0.5) is 0 Å². The van der Waals surface area contributed by atoms with Gasteiger partial charge in [0.25, 0.3) is 0 Å². The second kappa shape index (κ2) is 8.92. The van der Waals surface area contributed by atoms with Gasteiger partial charge in [0, 0.05) is 25.2 Å². The fourth-order valence-corrected chi connectivity index (χ4v) is 4.07. The van der Waals surface area contributed by atoms with Gasteiger partial charge in [0.05, 0.1) is 24.7 Å². The molecule has 6 heteroatoms. The van der Waals surface area contributed by atoms with Crippen molar-refractivity contribution in [2.24, 2.45) is 0 Å². The number of aromatic nitrogens is 2. The van der Waals surface area contributed by atoms with Crippen molar-refractivity contribution in [1.29, 1.82) is 5.26 Å². The van der Waals surface area contributed by atoms with Crippen molar-refractivity contribution < 1.29 is 9.90 Å². The molecule has 1 aromatic heterocycles. The molecule has 2 aromatic rings. The van der Waals surface area contributed by atoms with E-state index in [4.69, 9.17) is 5.26 Å². The quantitative estimate of drug-likeness (QED) is 0.832. The minimum Gasteiger partial charge on any atom is -0.508 e. The Labute approximate surface area is 166 Å². The van der Waals surface area contributed by atoms with E-state index in [1.807, 2.05) is 35.6 Å². The fourth-order valence-electron chi connectivity index (χ4n) is 4.07. The number of nitrogens with zero attached hydrogens (tertiary/aromatic N) is 4. The lowest BCUT2D eigenvalue weighted by molar-refractivity contribution is -0.132. The van der Waals surface area contributed by atoms with Crippen molar-refractivity contribution in [2.45, 2.75) is 58.4 Å². The second-order valence-electron chi connectivity index (χ2n) is 7.53. The van der Waals surface area contributed by atoms with Gasteiger partial charge >= 0.3 is 0 Å². The first-order chi connectivity index (χ1) is 13.5. The van der Waals surface area contributed by atoms with Crippen molar-refractivity contribution in [2.75, 3.05) is 13.1 Å². The number of phenolic OH excluding ortho intramolecular Hbond substituents is 1. The molecule has 1 N–H and O–H groups in total. The molecular formula is C22H28N4O2. The average molecular weight is 380 g/mol. The van der Waals surface area contributed by atoms with Gasteiger partial charge in [0.15, 0.2) is 0 Å². The molecule has 0 bridgehead atoms. The van der Waals surface area contributed by atoms with Crippen LogP contribution in [0.15, 0.2) is 24.3 Å². The molecule has 1 fully saturated rings. The van der Waals surface area contributed by atoms with Crippen molar-refractivity contribution in [3.8, 4) is 11.8 Å². The summed E-state index contributed by atoms with van der Waals surface area (Å²) in [4.78, 5) is 14.7. The molecular weight excluding hydrogens is 352 g/mol. The SMILES string of the molecule is Cc1nn(CCC#N)c(C)c1CCC(=O)N1CCC(c2ccc(O)cc2)CC1. The van der Waals surface area contributed by atoms with Crippen LogP contribution in [0.25, 0.3) is 0 Å². The zero-order valence-electron chi connectivity index (χ0n) is 16.7. The first-order valence-corrected chi connectivity index (χ1v) is 9.96. The van der Waals surface area contributed by atoms with Gasteiger partial charge < -0.3 is 10.0 Å². The van der Waals surface area contributed by atoms with Gasteiger partial charge in [0.2, 0.25) is 5.91 Å². The predicted molar refractivity (Wildman–Crippen MR) is 107 cm³/mol. The molecule has 2 heterocycles. The van der Waals surface area contributed by atoms with Crippen molar-refractivity contribution >= 4 is 5.91 Å². The number of phenols is 1. The number of aryl methyl sites for hydroxylation is 2. The van der Waals surface area contributed by atoms with E-state index in [-0.39, 0.29) is 11.7 Å². The number of carbonyl (C=O) groups excluding carboxylic acids is 1. The van der Waals surface area contributed by atoms with Crippen LogP contribution in [-0.4, -0.2) is 38.8 Å². The number of piperidine rings is 1. The third-order valence-corrected chi connectivity index (χ3v) is 5.77. The molecule has 1 aliphatic rings. The first kappa shape index (κ1) is 19.9. The third-order valence-electron chi connectivity index (χ3n) is 5.77. The van der Waals surface area contributed by atoms with Crippen LogP contribution in [0.1, 0.15) is 54.1 Å². The van der Waals surface area contributed by atoms with E-state index in [9.17, 15) is 9.90 Å². The summed E-state index contributed by atoms with van der Waals surface area (Å²) in [5, 5.41) is 22.7. The Morgan fingerprint density at radius 1 is 1.25 bits per heavy atom. The molecule has 0 atom stereocenters. The summed E-state index contributed by atoms with van der Waals surface area (Å²) in [6.45, 7) is 6.15. The molecule has 6 nitrogen and oxygen atoms in total. The van der Waals surface area contributed by atoms with E-state index in [1.165, 1.54) is 5.56 Å². The largest absolute Gasteiger partial charge is 0.508 e. The summed E-state index contributed by atoms with van der Waals surface area (Å²) in [5.41, 5.74) is 4.38. The number of nitriles is 1. The summed E-state index contributed by atoms with van der Waals surface area (Å²) in [5.74, 6) is 0.943. The van der Waals surface area contributed by atoms with Crippen LogP contribution >= 0.6 is 0 Å². The van der Waals surface area contributed by atoms with E-state index in [0.717, 1.165) is 42.9 Å². The van der Waals surface area contributed by atoms with Crippen LogP contribution in [0.3, 0.4) is 0 Å². The smallest absolute Gasteiger partial charge is 0.222 e. The molecule has 0 spiro atoms. The molecule has 0 saturated carbocycles. The molecule has 3 rings (SSSR count). The fraction of sp³-hybridized carbons (Fsp3) is 0.500. The van der Waals surface area contributed by atoms with Crippen LogP contribution in [0, 0.1) is 25.2 Å². The number of amides is 1. The monoisotopic (exact) mass is 380 g/mol.